The summed E-state index contributed by atoms with van der Waals surface area (Å²) in [6.45, 7) is -0.107. The second kappa shape index (κ2) is 7.17. The molecule has 0 bridgehead atoms. The van der Waals surface area contributed by atoms with E-state index in [9.17, 15) is 15.3 Å². The van der Waals surface area contributed by atoms with E-state index < -0.39 is 37.3 Å². The van der Waals surface area contributed by atoms with Crippen molar-refractivity contribution in [3.8, 4) is 5.75 Å². The van der Waals surface area contributed by atoms with Gasteiger partial charge in [-0.15, -0.1) is 0 Å². The van der Waals surface area contributed by atoms with Crippen molar-refractivity contribution in [3.63, 3.8) is 0 Å². The molecule has 1 unspecified atom stereocenters. The van der Waals surface area contributed by atoms with E-state index >= 15 is 0 Å². The number of nitrogens with one attached hydrogen (secondary N) is 1. The minimum atomic E-state index is -1.38. The van der Waals surface area contributed by atoms with E-state index in [4.69, 9.17) is 14.6 Å². The summed E-state index contributed by atoms with van der Waals surface area (Å²) in [5.74, 6) is 0.689. The third-order valence-electron chi connectivity index (χ3n) is 3.58. The predicted molar refractivity (Wildman–Crippen MR) is 73.6 cm³/mol. The molecular formula is C14H21NO6. The molecule has 21 heavy (non-hydrogen) atoms. The quantitative estimate of drug-likeness (QED) is 0.454. The van der Waals surface area contributed by atoms with Crippen molar-refractivity contribution in [1.82, 2.24) is 5.32 Å². The fraction of sp³-hybridized carbons (Fsp3) is 0.571. The Morgan fingerprint density at radius 2 is 1.86 bits per heavy atom. The lowest BCUT2D eigenvalue weighted by molar-refractivity contribution is -0.236. The van der Waals surface area contributed by atoms with Crippen LogP contribution in [0.25, 0.3) is 0 Å². The number of benzene rings is 1. The first-order valence-corrected chi connectivity index (χ1v) is 6.74. The summed E-state index contributed by atoms with van der Waals surface area (Å²) in [6, 6.07) is 7.36. The minimum absolute atomic E-state index is 0.340. The highest BCUT2D eigenvalue weighted by molar-refractivity contribution is 5.33. The Hall–Kier alpha value is -1.22. The zero-order chi connectivity index (χ0) is 15.4. The molecule has 1 aromatic rings. The zero-order valence-electron chi connectivity index (χ0n) is 11.7. The molecule has 1 fully saturated rings. The SMILES string of the molecule is COc1ccccc1CNC1O[C@H](CO)[C@@H](O)[C@H](O)[C@H]1O. The van der Waals surface area contributed by atoms with E-state index in [0.29, 0.717) is 12.3 Å². The van der Waals surface area contributed by atoms with Gasteiger partial charge in [0.25, 0.3) is 0 Å². The van der Waals surface area contributed by atoms with Crippen molar-refractivity contribution in [2.75, 3.05) is 13.7 Å². The van der Waals surface area contributed by atoms with Crippen LogP contribution in [0.2, 0.25) is 0 Å². The van der Waals surface area contributed by atoms with Crippen molar-refractivity contribution in [1.29, 1.82) is 0 Å². The lowest BCUT2D eigenvalue weighted by atomic mass is 9.98. The molecule has 1 aliphatic heterocycles. The highest BCUT2D eigenvalue weighted by Crippen LogP contribution is 2.21. The fourth-order valence-electron chi connectivity index (χ4n) is 2.33. The molecule has 2 rings (SSSR count). The standard InChI is InChI=1S/C14H21NO6/c1-20-9-5-3-2-4-8(9)6-15-14-13(19)12(18)11(17)10(7-16)21-14/h2-5,10-19H,6-7H2,1H3/t10-,11-,12+,13-,14?/m1/s1. The summed E-state index contributed by atoms with van der Waals surface area (Å²) >= 11 is 0. The average molecular weight is 299 g/mol. The second-order valence-corrected chi connectivity index (χ2v) is 4.94. The third kappa shape index (κ3) is 3.52. The molecule has 7 heteroatoms. The van der Waals surface area contributed by atoms with Crippen LogP contribution >= 0.6 is 0 Å². The van der Waals surface area contributed by atoms with Crippen LogP contribution in [0.15, 0.2) is 24.3 Å². The summed E-state index contributed by atoms with van der Waals surface area (Å²) in [5.41, 5.74) is 0.858. The van der Waals surface area contributed by atoms with Gasteiger partial charge in [-0.25, -0.2) is 0 Å². The van der Waals surface area contributed by atoms with Gasteiger partial charge in [-0.2, -0.15) is 0 Å². The van der Waals surface area contributed by atoms with Gasteiger partial charge in [-0.1, -0.05) is 18.2 Å². The maximum absolute atomic E-state index is 9.92. The fourth-order valence-corrected chi connectivity index (χ4v) is 2.33. The number of para-hydroxylation sites is 1. The number of aliphatic hydroxyl groups excluding tert-OH is 4. The molecule has 0 aliphatic carbocycles. The Labute approximate surface area is 122 Å². The van der Waals surface area contributed by atoms with E-state index in [0.717, 1.165) is 5.56 Å². The van der Waals surface area contributed by atoms with E-state index in [1.54, 1.807) is 7.11 Å². The van der Waals surface area contributed by atoms with Crippen LogP contribution in [-0.4, -0.2) is 64.8 Å². The van der Waals surface area contributed by atoms with Crippen LogP contribution in [0, 0.1) is 0 Å². The molecular weight excluding hydrogens is 278 g/mol. The number of hydrogen-bond acceptors (Lipinski definition) is 7. The number of hydrogen-bond donors (Lipinski definition) is 5. The van der Waals surface area contributed by atoms with Gasteiger partial charge in [0.05, 0.1) is 13.7 Å². The largest absolute Gasteiger partial charge is 0.496 e. The van der Waals surface area contributed by atoms with Crippen LogP contribution in [-0.2, 0) is 11.3 Å². The average Bonchev–Trinajstić information content (AvgIpc) is 2.52. The van der Waals surface area contributed by atoms with Crippen LogP contribution in [0.4, 0.5) is 0 Å². The minimum Gasteiger partial charge on any atom is -0.496 e. The molecule has 0 spiro atoms. The number of rotatable bonds is 5. The van der Waals surface area contributed by atoms with Gasteiger partial charge in [-0.05, 0) is 6.07 Å². The normalized spacial score (nSPS) is 32.9. The lowest BCUT2D eigenvalue weighted by Gasteiger charge is -2.40. The van der Waals surface area contributed by atoms with E-state index in [2.05, 4.69) is 5.32 Å². The van der Waals surface area contributed by atoms with Crippen LogP contribution in [0.1, 0.15) is 5.56 Å². The molecule has 1 aromatic carbocycles. The third-order valence-corrected chi connectivity index (χ3v) is 3.58. The predicted octanol–water partition coefficient (Wildman–Crippen LogP) is -1.42. The highest BCUT2D eigenvalue weighted by Gasteiger charge is 2.43. The number of methoxy groups -OCH3 is 1. The molecule has 1 aliphatic rings. The van der Waals surface area contributed by atoms with Gasteiger partial charge in [0.15, 0.2) is 0 Å². The topological polar surface area (TPSA) is 111 Å². The Morgan fingerprint density at radius 1 is 1.14 bits per heavy atom. The zero-order valence-corrected chi connectivity index (χ0v) is 11.7. The van der Waals surface area contributed by atoms with Crippen molar-refractivity contribution in [2.24, 2.45) is 0 Å². The van der Waals surface area contributed by atoms with Crippen molar-refractivity contribution >= 4 is 0 Å². The molecule has 7 nitrogen and oxygen atoms in total. The maximum Gasteiger partial charge on any atom is 0.137 e. The van der Waals surface area contributed by atoms with Gasteiger partial charge in [0.1, 0.15) is 36.4 Å². The second-order valence-electron chi connectivity index (χ2n) is 4.94. The Morgan fingerprint density at radius 3 is 2.52 bits per heavy atom. The van der Waals surface area contributed by atoms with Gasteiger partial charge in [0, 0.05) is 12.1 Å². The van der Waals surface area contributed by atoms with Crippen molar-refractivity contribution in [3.05, 3.63) is 29.8 Å². The van der Waals surface area contributed by atoms with E-state index in [1.165, 1.54) is 0 Å². The maximum atomic E-state index is 9.92. The molecule has 1 saturated heterocycles. The van der Waals surface area contributed by atoms with Crippen LogP contribution < -0.4 is 10.1 Å². The van der Waals surface area contributed by atoms with Gasteiger partial charge >= 0.3 is 0 Å². The summed E-state index contributed by atoms with van der Waals surface area (Å²) in [7, 11) is 1.56. The molecule has 5 N–H and O–H groups in total. The number of aliphatic hydroxyl groups is 4. The van der Waals surface area contributed by atoms with Crippen LogP contribution in [0.3, 0.4) is 0 Å². The molecule has 1 heterocycles. The summed E-state index contributed by atoms with van der Waals surface area (Å²) < 4.78 is 10.6. The molecule has 118 valence electrons. The first kappa shape index (κ1) is 16.2. The smallest absolute Gasteiger partial charge is 0.137 e. The van der Waals surface area contributed by atoms with Crippen LogP contribution in [0.5, 0.6) is 5.75 Å². The van der Waals surface area contributed by atoms with Crippen molar-refractivity contribution in [2.45, 2.75) is 37.2 Å². The highest BCUT2D eigenvalue weighted by atomic mass is 16.6. The summed E-state index contributed by atoms with van der Waals surface area (Å²) in [4.78, 5) is 0. The summed E-state index contributed by atoms with van der Waals surface area (Å²) in [5, 5.41) is 41.4. The molecule has 0 amide bonds. The molecule has 0 aromatic heterocycles. The Kier molecular flexibility index (Phi) is 5.51. The molecule has 0 radical (unpaired) electrons. The van der Waals surface area contributed by atoms with Gasteiger partial charge < -0.3 is 29.9 Å². The van der Waals surface area contributed by atoms with Crippen molar-refractivity contribution < 1.29 is 29.9 Å². The molecule has 5 atom stereocenters. The Bertz CT molecular complexity index is 455. The summed E-state index contributed by atoms with van der Waals surface area (Å²) in [6.07, 6.45) is -5.85. The monoisotopic (exact) mass is 299 g/mol. The lowest BCUT2D eigenvalue weighted by Crippen LogP contribution is -2.62. The van der Waals surface area contributed by atoms with Gasteiger partial charge in [-0.3, -0.25) is 5.32 Å². The first-order valence-electron chi connectivity index (χ1n) is 6.74. The van der Waals surface area contributed by atoms with E-state index in [1.807, 2.05) is 24.3 Å². The van der Waals surface area contributed by atoms with E-state index in [-0.39, 0.29) is 0 Å². The number of ether oxygens (including phenoxy) is 2. The Balaban J connectivity index is 2.01. The molecule has 0 saturated carbocycles. The van der Waals surface area contributed by atoms with Gasteiger partial charge in [0.2, 0.25) is 0 Å². The first-order chi connectivity index (χ1) is 10.1.